The molecule has 2 aromatic carbocycles. The van der Waals surface area contributed by atoms with Crippen molar-refractivity contribution in [3.8, 4) is 0 Å². The number of carbonyl (C=O) groups excluding carboxylic acids is 2. The number of nitrogens with zero attached hydrogens (tertiary/aromatic N) is 2. The average molecular weight is 374 g/mol. The molecule has 0 N–H and O–H groups in total. The number of carbonyl (C=O) groups is 2. The fraction of sp³-hybridized carbons (Fsp3) is 0.304. The topological polar surface area (TPSA) is 69.2 Å². The molecule has 3 aromatic rings. The highest BCUT2D eigenvalue weighted by Crippen LogP contribution is 2.22. The van der Waals surface area contributed by atoms with Crippen LogP contribution in [0.25, 0.3) is 11.0 Å². The number of esters is 1. The summed E-state index contributed by atoms with van der Waals surface area (Å²) in [5.41, 5.74) is 6.57. The van der Waals surface area contributed by atoms with Gasteiger partial charge in [-0.2, -0.15) is 0 Å². The molecule has 142 valence electrons. The minimum absolute atomic E-state index is 0.186. The zero-order valence-electron chi connectivity index (χ0n) is 16.1. The van der Waals surface area contributed by atoms with E-state index in [1.165, 1.54) is 17.5 Å². The van der Waals surface area contributed by atoms with Crippen molar-refractivity contribution in [2.24, 2.45) is 0 Å². The van der Waals surface area contributed by atoms with E-state index in [4.69, 9.17) is 4.74 Å². The molecule has 4 rings (SSSR count). The third-order valence-electron chi connectivity index (χ3n) is 5.32. The Bertz CT molecular complexity index is 1090. The second kappa shape index (κ2) is 7.50. The average Bonchev–Trinajstić information content (AvgIpc) is 2.72. The van der Waals surface area contributed by atoms with Crippen LogP contribution >= 0.6 is 0 Å². The van der Waals surface area contributed by atoms with Gasteiger partial charge in [0.2, 0.25) is 0 Å². The predicted molar refractivity (Wildman–Crippen MR) is 107 cm³/mol. The zero-order valence-corrected chi connectivity index (χ0v) is 16.1. The van der Waals surface area contributed by atoms with Crippen LogP contribution in [-0.4, -0.2) is 28.3 Å². The quantitative estimate of drug-likeness (QED) is 0.506. The predicted octanol–water partition coefficient (Wildman–Crippen LogP) is 4.17. The normalized spacial score (nSPS) is 13.2. The fourth-order valence-electron chi connectivity index (χ4n) is 3.56. The SMILES string of the molecule is Cc1nc2ccc(C(=O)OCC(=O)c3ccc4c(c3)CCCC4)cc2nc1C. The van der Waals surface area contributed by atoms with E-state index in [2.05, 4.69) is 9.97 Å². The highest BCUT2D eigenvalue weighted by molar-refractivity contribution is 6.00. The minimum atomic E-state index is -0.534. The Kier molecular flexibility index (Phi) is 4.90. The van der Waals surface area contributed by atoms with Gasteiger partial charge in [-0.25, -0.2) is 14.8 Å². The highest BCUT2D eigenvalue weighted by Gasteiger charge is 2.16. The number of ether oxygens (including phenoxy) is 1. The molecule has 0 amide bonds. The van der Waals surface area contributed by atoms with Crippen molar-refractivity contribution in [1.82, 2.24) is 9.97 Å². The maximum Gasteiger partial charge on any atom is 0.338 e. The number of Topliss-reactive ketones (excluding diaryl/α,β-unsaturated/α-hetero) is 1. The van der Waals surface area contributed by atoms with Crippen LogP contribution in [0, 0.1) is 13.8 Å². The number of aryl methyl sites for hydroxylation is 4. The molecular weight excluding hydrogens is 352 g/mol. The summed E-state index contributed by atoms with van der Waals surface area (Å²) >= 11 is 0. The first-order valence-corrected chi connectivity index (χ1v) is 9.58. The molecule has 0 bridgehead atoms. The summed E-state index contributed by atoms with van der Waals surface area (Å²) in [5.74, 6) is -0.720. The van der Waals surface area contributed by atoms with Crippen LogP contribution in [0.4, 0.5) is 0 Å². The van der Waals surface area contributed by atoms with Crippen molar-refractivity contribution in [2.75, 3.05) is 6.61 Å². The molecule has 5 nitrogen and oxygen atoms in total. The molecule has 5 heteroatoms. The summed E-state index contributed by atoms with van der Waals surface area (Å²) in [6, 6.07) is 10.9. The number of ketones is 1. The van der Waals surface area contributed by atoms with E-state index in [0.717, 1.165) is 36.2 Å². The lowest BCUT2D eigenvalue weighted by molar-refractivity contribution is 0.0475. The van der Waals surface area contributed by atoms with Crippen LogP contribution in [0.5, 0.6) is 0 Å². The van der Waals surface area contributed by atoms with E-state index < -0.39 is 5.97 Å². The Hall–Kier alpha value is -3.08. The van der Waals surface area contributed by atoms with Crippen LogP contribution in [0.3, 0.4) is 0 Å². The first kappa shape index (κ1) is 18.3. The van der Waals surface area contributed by atoms with Crippen LogP contribution in [0.15, 0.2) is 36.4 Å². The lowest BCUT2D eigenvalue weighted by Gasteiger charge is -2.16. The fourth-order valence-corrected chi connectivity index (χ4v) is 3.56. The first-order chi connectivity index (χ1) is 13.5. The van der Waals surface area contributed by atoms with Gasteiger partial charge in [-0.3, -0.25) is 4.79 Å². The molecule has 28 heavy (non-hydrogen) atoms. The van der Waals surface area contributed by atoms with Crippen molar-refractivity contribution in [3.63, 3.8) is 0 Å². The summed E-state index contributed by atoms with van der Waals surface area (Å²) < 4.78 is 5.25. The number of aromatic nitrogens is 2. The van der Waals surface area contributed by atoms with Gasteiger partial charge in [-0.1, -0.05) is 12.1 Å². The third kappa shape index (κ3) is 3.65. The van der Waals surface area contributed by atoms with E-state index in [9.17, 15) is 9.59 Å². The van der Waals surface area contributed by atoms with E-state index in [1.807, 2.05) is 32.0 Å². The van der Waals surface area contributed by atoms with Gasteiger partial charge in [0.05, 0.1) is 28.0 Å². The monoisotopic (exact) mass is 374 g/mol. The molecule has 1 aliphatic carbocycles. The van der Waals surface area contributed by atoms with E-state index in [-0.39, 0.29) is 12.4 Å². The minimum Gasteiger partial charge on any atom is -0.454 e. The van der Waals surface area contributed by atoms with Gasteiger partial charge < -0.3 is 4.74 Å². The summed E-state index contributed by atoms with van der Waals surface area (Å²) in [5, 5.41) is 0. The molecule has 1 aromatic heterocycles. The van der Waals surface area contributed by atoms with Gasteiger partial charge in [0.15, 0.2) is 12.4 Å². The molecule has 1 aliphatic rings. The molecule has 0 spiro atoms. The maximum atomic E-state index is 12.5. The molecule has 0 unspecified atom stereocenters. The molecule has 0 saturated carbocycles. The third-order valence-corrected chi connectivity index (χ3v) is 5.32. The van der Waals surface area contributed by atoms with Crippen molar-refractivity contribution < 1.29 is 14.3 Å². The molecular formula is C23H22N2O3. The Morgan fingerprint density at radius 1 is 0.857 bits per heavy atom. The lowest BCUT2D eigenvalue weighted by Crippen LogP contribution is -2.15. The van der Waals surface area contributed by atoms with Crippen LogP contribution < -0.4 is 0 Å². The lowest BCUT2D eigenvalue weighted by atomic mass is 9.90. The van der Waals surface area contributed by atoms with Crippen LogP contribution in [-0.2, 0) is 17.6 Å². The zero-order chi connectivity index (χ0) is 19.7. The second-order valence-electron chi connectivity index (χ2n) is 7.29. The Balaban J connectivity index is 1.46. The van der Waals surface area contributed by atoms with Crippen molar-refractivity contribution >= 4 is 22.8 Å². The number of rotatable bonds is 4. The number of benzene rings is 2. The van der Waals surface area contributed by atoms with Crippen molar-refractivity contribution in [3.05, 3.63) is 70.0 Å². The first-order valence-electron chi connectivity index (χ1n) is 9.58. The molecule has 1 heterocycles. The summed E-state index contributed by atoms with van der Waals surface area (Å²) in [7, 11) is 0. The van der Waals surface area contributed by atoms with E-state index in [1.54, 1.807) is 18.2 Å². The molecule has 0 saturated heterocycles. The standard InChI is InChI=1S/C23H22N2O3/c1-14-15(2)25-21-12-19(9-10-20(21)24-14)23(27)28-13-22(26)18-8-7-16-5-3-4-6-17(16)11-18/h7-12H,3-6,13H2,1-2H3. The summed E-state index contributed by atoms with van der Waals surface area (Å²) in [6.45, 7) is 3.51. The van der Waals surface area contributed by atoms with Gasteiger partial charge in [0.1, 0.15) is 0 Å². The molecule has 0 radical (unpaired) electrons. The van der Waals surface area contributed by atoms with E-state index in [0.29, 0.717) is 16.6 Å². The molecule has 0 atom stereocenters. The smallest absolute Gasteiger partial charge is 0.338 e. The Morgan fingerprint density at radius 3 is 2.32 bits per heavy atom. The van der Waals surface area contributed by atoms with Gasteiger partial charge >= 0.3 is 5.97 Å². The number of hydrogen-bond acceptors (Lipinski definition) is 5. The van der Waals surface area contributed by atoms with Crippen LogP contribution in [0.1, 0.15) is 56.1 Å². The Labute approximate surface area is 163 Å². The summed E-state index contributed by atoms with van der Waals surface area (Å²) in [6.07, 6.45) is 4.44. The molecule has 0 fully saturated rings. The second-order valence-corrected chi connectivity index (χ2v) is 7.29. The van der Waals surface area contributed by atoms with Crippen LogP contribution in [0.2, 0.25) is 0 Å². The maximum absolute atomic E-state index is 12.5. The highest BCUT2D eigenvalue weighted by atomic mass is 16.5. The van der Waals surface area contributed by atoms with Gasteiger partial charge in [0, 0.05) is 5.56 Å². The van der Waals surface area contributed by atoms with Crippen molar-refractivity contribution in [2.45, 2.75) is 39.5 Å². The van der Waals surface area contributed by atoms with E-state index >= 15 is 0 Å². The largest absolute Gasteiger partial charge is 0.454 e. The van der Waals surface area contributed by atoms with Gasteiger partial charge in [-0.15, -0.1) is 0 Å². The summed E-state index contributed by atoms with van der Waals surface area (Å²) in [4.78, 5) is 33.8. The number of hydrogen-bond donors (Lipinski definition) is 0. The van der Waals surface area contributed by atoms with Crippen molar-refractivity contribution in [1.29, 1.82) is 0 Å². The van der Waals surface area contributed by atoms with Gasteiger partial charge in [0.25, 0.3) is 0 Å². The van der Waals surface area contributed by atoms with Gasteiger partial charge in [-0.05, 0) is 74.9 Å². The number of fused-ring (bicyclic) bond motifs is 2. The molecule has 0 aliphatic heterocycles. The Morgan fingerprint density at radius 2 is 1.54 bits per heavy atom.